The highest BCUT2D eigenvalue weighted by atomic mass is 32.2. The Morgan fingerprint density at radius 2 is 1.83 bits per heavy atom. The maximum absolute atomic E-state index is 12.8. The molecule has 0 atom stereocenters. The average molecular weight is 421 g/mol. The molecule has 1 aromatic heterocycles. The first-order valence-corrected chi connectivity index (χ1v) is 11.9. The van der Waals surface area contributed by atoms with Gasteiger partial charge in [-0.15, -0.1) is 5.10 Å². The lowest BCUT2D eigenvalue weighted by molar-refractivity contribution is 0.160. The Balaban J connectivity index is 0.00000136. The van der Waals surface area contributed by atoms with E-state index in [2.05, 4.69) is 31.5 Å². The Labute approximate surface area is 174 Å². The summed E-state index contributed by atoms with van der Waals surface area (Å²) in [4.78, 5) is 6.38. The SMILES string of the molecule is CN(C)CC1CN(S(=O)(=O)c2nc(Nc3c4c(cc5c3CCC5)CCC4)n[nH]2)C1.[HH].[HH]. The van der Waals surface area contributed by atoms with Crippen molar-refractivity contribution in [3.8, 4) is 0 Å². The van der Waals surface area contributed by atoms with Gasteiger partial charge in [-0.2, -0.15) is 9.29 Å². The van der Waals surface area contributed by atoms with Crippen LogP contribution >= 0.6 is 0 Å². The standard InChI is InChI=1S/C20H28N6O2S.2H2/c1-25(2)10-13-11-26(12-13)29(27,28)20-22-19(23-24-20)21-18-16-7-3-5-14(16)9-15-6-4-8-17(15)18;;/h9,13H,3-8,10-12H2,1-2H3,(H2,21,22,23,24);2*1H. The van der Waals surface area contributed by atoms with Crippen molar-refractivity contribution < 1.29 is 11.3 Å². The smallest absolute Gasteiger partial charge is 0.278 e. The molecule has 0 amide bonds. The van der Waals surface area contributed by atoms with E-state index >= 15 is 0 Å². The maximum Gasteiger partial charge on any atom is 0.278 e. The van der Waals surface area contributed by atoms with Crippen LogP contribution in [-0.4, -0.2) is 66.5 Å². The van der Waals surface area contributed by atoms with Gasteiger partial charge in [0.1, 0.15) is 0 Å². The number of benzene rings is 1. The molecule has 3 aliphatic rings. The molecule has 0 saturated carbocycles. The number of hydrogen-bond donors (Lipinski definition) is 2. The fourth-order valence-electron chi connectivity index (χ4n) is 4.97. The molecule has 160 valence electrons. The minimum atomic E-state index is -3.62. The molecule has 29 heavy (non-hydrogen) atoms. The van der Waals surface area contributed by atoms with Gasteiger partial charge in [-0.25, -0.2) is 13.5 Å². The number of rotatable bonds is 6. The molecule has 2 aromatic rings. The van der Waals surface area contributed by atoms with Crippen LogP contribution in [0.25, 0.3) is 0 Å². The Kier molecular flexibility index (Phi) is 4.64. The molecule has 5 rings (SSSR count). The number of fused-ring (bicyclic) bond motifs is 2. The summed E-state index contributed by atoms with van der Waals surface area (Å²) >= 11 is 0. The van der Waals surface area contributed by atoms with E-state index in [1.807, 2.05) is 14.1 Å². The lowest BCUT2D eigenvalue weighted by Crippen LogP contribution is -2.53. The van der Waals surface area contributed by atoms with Gasteiger partial charge in [-0.1, -0.05) is 6.07 Å². The van der Waals surface area contributed by atoms with Crippen LogP contribution in [0.2, 0.25) is 0 Å². The molecule has 2 heterocycles. The van der Waals surface area contributed by atoms with E-state index in [-0.39, 0.29) is 8.01 Å². The predicted octanol–water partition coefficient (Wildman–Crippen LogP) is 2.20. The molecule has 9 heteroatoms. The quantitative estimate of drug-likeness (QED) is 0.744. The van der Waals surface area contributed by atoms with E-state index < -0.39 is 10.0 Å². The van der Waals surface area contributed by atoms with E-state index in [0.717, 1.165) is 37.9 Å². The minimum absolute atomic E-state index is 0. The van der Waals surface area contributed by atoms with Gasteiger partial charge in [0.05, 0.1) is 0 Å². The number of aromatic nitrogens is 3. The number of aryl methyl sites for hydroxylation is 2. The monoisotopic (exact) mass is 420 g/mol. The zero-order chi connectivity index (χ0) is 20.2. The number of aromatic amines is 1. The van der Waals surface area contributed by atoms with Crippen LogP contribution in [0.15, 0.2) is 11.2 Å². The summed E-state index contributed by atoms with van der Waals surface area (Å²) in [5, 5.41) is 10.1. The van der Waals surface area contributed by atoms with E-state index in [0.29, 0.717) is 25.0 Å². The van der Waals surface area contributed by atoms with Crippen LogP contribution in [0.3, 0.4) is 0 Å². The predicted molar refractivity (Wildman–Crippen MR) is 115 cm³/mol. The van der Waals surface area contributed by atoms with Crippen LogP contribution in [0.1, 0.15) is 37.9 Å². The molecular formula is C20H32N6O2S. The number of hydrogen-bond acceptors (Lipinski definition) is 6. The van der Waals surface area contributed by atoms with Gasteiger partial charge in [0.25, 0.3) is 15.2 Å². The van der Waals surface area contributed by atoms with E-state index in [4.69, 9.17) is 0 Å². The summed E-state index contributed by atoms with van der Waals surface area (Å²) in [6.07, 6.45) is 6.69. The molecular weight excluding hydrogens is 388 g/mol. The first kappa shape index (κ1) is 19.0. The summed E-state index contributed by atoms with van der Waals surface area (Å²) < 4.78 is 27.1. The third kappa shape index (κ3) is 3.35. The van der Waals surface area contributed by atoms with Crippen LogP contribution in [0.5, 0.6) is 0 Å². The van der Waals surface area contributed by atoms with Crippen molar-refractivity contribution in [3.05, 3.63) is 28.3 Å². The summed E-state index contributed by atoms with van der Waals surface area (Å²) in [5.74, 6) is 0.707. The third-order valence-corrected chi connectivity index (χ3v) is 7.96. The first-order valence-electron chi connectivity index (χ1n) is 10.4. The molecule has 1 fully saturated rings. The molecule has 0 unspecified atom stereocenters. The highest BCUT2D eigenvalue weighted by molar-refractivity contribution is 7.89. The van der Waals surface area contributed by atoms with Crippen molar-refractivity contribution in [1.82, 2.24) is 24.4 Å². The van der Waals surface area contributed by atoms with Gasteiger partial charge >= 0.3 is 0 Å². The van der Waals surface area contributed by atoms with Crippen molar-refractivity contribution in [2.24, 2.45) is 5.92 Å². The van der Waals surface area contributed by atoms with Crippen LogP contribution in [0.4, 0.5) is 11.6 Å². The third-order valence-electron chi connectivity index (χ3n) is 6.31. The van der Waals surface area contributed by atoms with Gasteiger partial charge in [0.2, 0.25) is 5.95 Å². The van der Waals surface area contributed by atoms with Gasteiger partial charge in [0.15, 0.2) is 0 Å². The second-order valence-corrected chi connectivity index (χ2v) is 10.6. The molecule has 0 bridgehead atoms. The first-order chi connectivity index (χ1) is 13.9. The topological polar surface area (TPSA) is 94.2 Å². The summed E-state index contributed by atoms with van der Waals surface area (Å²) in [5.41, 5.74) is 6.67. The molecule has 0 radical (unpaired) electrons. The van der Waals surface area contributed by atoms with Crippen LogP contribution in [0, 0.1) is 5.92 Å². The Hall–Kier alpha value is -1.97. The van der Waals surface area contributed by atoms with E-state index in [1.54, 1.807) is 0 Å². The van der Waals surface area contributed by atoms with E-state index in [1.165, 1.54) is 39.4 Å². The van der Waals surface area contributed by atoms with Gasteiger partial charge in [-0.05, 0) is 80.8 Å². The fourth-order valence-corrected chi connectivity index (χ4v) is 6.39. The fraction of sp³-hybridized carbons (Fsp3) is 0.600. The second-order valence-electron chi connectivity index (χ2n) is 8.77. The molecule has 2 N–H and O–H groups in total. The van der Waals surface area contributed by atoms with Crippen molar-refractivity contribution in [1.29, 1.82) is 0 Å². The van der Waals surface area contributed by atoms with Gasteiger partial charge in [-0.3, -0.25) is 0 Å². The molecule has 0 spiro atoms. The van der Waals surface area contributed by atoms with Crippen molar-refractivity contribution >= 4 is 21.7 Å². The van der Waals surface area contributed by atoms with Crippen molar-refractivity contribution in [2.75, 3.05) is 39.0 Å². The Morgan fingerprint density at radius 3 is 2.45 bits per heavy atom. The van der Waals surface area contributed by atoms with Gasteiger partial charge in [0, 0.05) is 28.2 Å². The van der Waals surface area contributed by atoms with Crippen molar-refractivity contribution in [3.63, 3.8) is 0 Å². The molecule has 1 saturated heterocycles. The lowest BCUT2D eigenvalue weighted by Gasteiger charge is -2.38. The zero-order valence-electron chi connectivity index (χ0n) is 17.0. The molecule has 1 aromatic carbocycles. The van der Waals surface area contributed by atoms with Gasteiger partial charge < -0.3 is 10.2 Å². The lowest BCUT2D eigenvalue weighted by atomic mass is 9.99. The summed E-state index contributed by atoms with van der Waals surface area (Å²) in [7, 11) is 0.385. The van der Waals surface area contributed by atoms with Crippen LogP contribution < -0.4 is 5.32 Å². The number of H-pyrrole nitrogens is 1. The largest absolute Gasteiger partial charge is 0.322 e. The highest BCUT2D eigenvalue weighted by Crippen LogP contribution is 2.39. The number of nitrogens with one attached hydrogen (secondary N) is 2. The van der Waals surface area contributed by atoms with Crippen LogP contribution in [-0.2, 0) is 35.7 Å². The molecule has 8 nitrogen and oxygen atoms in total. The normalized spacial score (nSPS) is 19.4. The minimum Gasteiger partial charge on any atom is -0.322 e. The average Bonchev–Trinajstić information content (AvgIpc) is 3.36. The number of anilines is 2. The molecule has 1 aliphatic heterocycles. The second kappa shape index (κ2) is 7.07. The number of sulfonamides is 1. The zero-order valence-corrected chi connectivity index (χ0v) is 17.8. The summed E-state index contributed by atoms with van der Waals surface area (Å²) in [6.45, 7) is 1.95. The summed E-state index contributed by atoms with van der Waals surface area (Å²) in [6, 6.07) is 2.37. The van der Waals surface area contributed by atoms with E-state index in [9.17, 15) is 8.42 Å². The molecule has 2 aliphatic carbocycles. The highest BCUT2D eigenvalue weighted by Gasteiger charge is 2.38. The Bertz CT molecular complexity index is 1020. The number of nitrogens with zero attached hydrogens (tertiary/aromatic N) is 4. The van der Waals surface area contributed by atoms with Crippen molar-refractivity contribution in [2.45, 2.75) is 43.7 Å². The Morgan fingerprint density at radius 1 is 1.17 bits per heavy atom. The maximum atomic E-state index is 12.8.